The van der Waals surface area contributed by atoms with Gasteiger partial charge in [0.15, 0.2) is 5.44 Å². The third-order valence-electron chi connectivity index (χ3n) is 2.53. The second kappa shape index (κ2) is 5.36. The van der Waals surface area contributed by atoms with Crippen LogP contribution in [0.3, 0.4) is 0 Å². The van der Waals surface area contributed by atoms with Crippen molar-refractivity contribution in [3.05, 3.63) is 24.4 Å². The van der Waals surface area contributed by atoms with Gasteiger partial charge in [-0.05, 0) is 30.8 Å². The highest BCUT2D eigenvalue weighted by molar-refractivity contribution is 8.15. The molecule has 0 saturated carbocycles. The summed E-state index contributed by atoms with van der Waals surface area (Å²) < 4.78 is 5.53. The van der Waals surface area contributed by atoms with Crippen LogP contribution >= 0.6 is 11.8 Å². The zero-order chi connectivity index (χ0) is 13.1. The maximum atomic E-state index is 11.4. The number of nitrogens with zero attached hydrogens (tertiary/aromatic N) is 2. The van der Waals surface area contributed by atoms with E-state index in [-0.39, 0.29) is 11.5 Å². The number of thioether (sulfide) groups is 1. The first-order valence-electron chi connectivity index (χ1n) is 5.39. The fourth-order valence-corrected chi connectivity index (χ4v) is 2.18. The minimum Gasteiger partial charge on any atom is -0.334 e. The van der Waals surface area contributed by atoms with Gasteiger partial charge < -0.3 is 9.64 Å². The number of carbonyl (C=O) groups is 2. The summed E-state index contributed by atoms with van der Waals surface area (Å²) in [5.74, 6) is 0.325. The molecule has 6 nitrogen and oxygen atoms in total. The predicted molar refractivity (Wildman–Crippen MR) is 68.1 cm³/mol. The smallest absolute Gasteiger partial charge is 0.288 e. The molecular weight excluding hydrogens is 254 g/mol. The monoisotopic (exact) mass is 267 g/mol. The van der Waals surface area contributed by atoms with E-state index in [1.165, 1.54) is 0 Å². The van der Waals surface area contributed by atoms with E-state index in [2.05, 4.69) is 10.3 Å². The normalized spacial score (nSPS) is 20.7. The van der Waals surface area contributed by atoms with Gasteiger partial charge in [0.1, 0.15) is 12.0 Å². The lowest BCUT2D eigenvalue weighted by molar-refractivity contribution is -0.127. The Kier molecular flexibility index (Phi) is 3.83. The molecule has 2 amide bonds. The van der Waals surface area contributed by atoms with Crippen LogP contribution in [0.25, 0.3) is 0 Å². The van der Waals surface area contributed by atoms with Crippen molar-refractivity contribution in [3.63, 3.8) is 0 Å². The van der Waals surface area contributed by atoms with Crippen molar-refractivity contribution in [2.24, 2.45) is 0 Å². The molecule has 2 rings (SSSR count). The van der Waals surface area contributed by atoms with E-state index in [1.54, 1.807) is 18.0 Å². The van der Waals surface area contributed by atoms with Gasteiger partial charge in [0, 0.05) is 13.2 Å². The summed E-state index contributed by atoms with van der Waals surface area (Å²) in [7, 11) is 1.81. The van der Waals surface area contributed by atoms with Gasteiger partial charge >= 0.3 is 0 Å². The molecule has 1 saturated heterocycles. The van der Waals surface area contributed by atoms with Crippen LogP contribution < -0.4 is 10.2 Å². The van der Waals surface area contributed by atoms with Crippen LogP contribution in [-0.4, -0.2) is 34.8 Å². The Bertz CT molecular complexity index is 454. The van der Waals surface area contributed by atoms with Crippen LogP contribution in [0, 0.1) is 0 Å². The largest absolute Gasteiger partial charge is 0.334 e. The van der Waals surface area contributed by atoms with Crippen LogP contribution in [0.5, 0.6) is 0 Å². The summed E-state index contributed by atoms with van der Waals surface area (Å²) in [6, 6.07) is 5.53. The third-order valence-corrected chi connectivity index (χ3v) is 3.39. The zero-order valence-corrected chi connectivity index (χ0v) is 10.8. The number of aromatic nitrogens is 1. The molecule has 7 heteroatoms. The average molecular weight is 267 g/mol. The van der Waals surface area contributed by atoms with E-state index in [0.717, 1.165) is 17.6 Å². The fraction of sp³-hybridized carbons (Fsp3) is 0.364. The summed E-state index contributed by atoms with van der Waals surface area (Å²) in [4.78, 5) is 28.3. The first-order valence-corrected chi connectivity index (χ1v) is 6.26. The number of anilines is 1. The number of amides is 2. The molecule has 18 heavy (non-hydrogen) atoms. The van der Waals surface area contributed by atoms with Gasteiger partial charge in [0.2, 0.25) is 0 Å². The van der Waals surface area contributed by atoms with Crippen molar-refractivity contribution in [1.82, 2.24) is 10.3 Å². The van der Waals surface area contributed by atoms with Gasteiger partial charge in [-0.2, -0.15) is 0 Å². The number of nitrogens with one attached hydrogen (secondary N) is 1. The summed E-state index contributed by atoms with van der Waals surface area (Å²) in [5.41, 5.74) is -0.793. The first-order chi connectivity index (χ1) is 8.58. The van der Waals surface area contributed by atoms with Gasteiger partial charge in [-0.25, -0.2) is 4.98 Å². The van der Waals surface area contributed by atoms with E-state index in [4.69, 9.17) is 4.74 Å². The Balaban J connectivity index is 1.98. The Morgan fingerprint density at radius 1 is 1.50 bits per heavy atom. The molecule has 1 fully saturated rings. The number of pyridine rings is 1. The van der Waals surface area contributed by atoms with E-state index >= 15 is 0 Å². The summed E-state index contributed by atoms with van der Waals surface area (Å²) in [6.45, 7) is 1.80. The van der Waals surface area contributed by atoms with Crippen LogP contribution in [0.15, 0.2) is 24.4 Å². The molecule has 0 radical (unpaired) electrons. The molecule has 0 aromatic carbocycles. The molecule has 1 aliphatic rings. The Morgan fingerprint density at radius 3 is 2.83 bits per heavy atom. The standard InChI is InChI=1S/C11H13N3O3S/c1-7(14(2)8-5-3-4-6-12-8)17-10-9(15)13-11(16)18-10/h3-7,10H,1-2H3,(H,13,15,16). The van der Waals surface area contributed by atoms with Crippen molar-refractivity contribution >= 4 is 28.7 Å². The zero-order valence-electron chi connectivity index (χ0n) is 9.99. The minimum absolute atomic E-state index is 0.367. The predicted octanol–water partition coefficient (Wildman–Crippen LogP) is 1.19. The number of carbonyl (C=O) groups excluding carboxylic acids is 2. The molecule has 0 spiro atoms. The van der Waals surface area contributed by atoms with Crippen LogP contribution in [0.1, 0.15) is 6.92 Å². The van der Waals surface area contributed by atoms with Gasteiger partial charge in [0.05, 0.1) is 0 Å². The van der Waals surface area contributed by atoms with Crippen molar-refractivity contribution in [2.45, 2.75) is 18.6 Å². The van der Waals surface area contributed by atoms with Gasteiger partial charge in [-0.15, -0.1) is 0 Å². The Hall–Kier alpha value is -1.60. The molecule has 2 heterocycles. The summed E-state index contributed by atoms with van der Waals surface area (Å²) in [6.07, 6.45) is 1.31. The Morgan fingerprint density at radius 2 is 2.28 bits per heavy atom. The third kappa shape index (κ3) is 2.80. The minimum atomic E-state index is -0.793. The van der Waals surface area contributed by atoms with Crippen molar-refractivity contribution in [2.75, 3.05) is 11.9 Å². The van der Waals surface area contributed by atoms with Gasteiger partial charge in [-0.1, -0.05) is 6.07 Å². The maximum absolute atomic E-state index is 11.4. The van der Waals surface area contributed by atoms with Gasteiger partial charge in [-0.3, -0.25) is 14.9 Å². The molecule has 1 aromatic rings. The fourth-order valence-electron chi connectivity index (χ4n) is 1.45. The number of hydrogen-bond donors (Lipinski definition) is 1. The number of hydrogen-bond acceptors (Lipinski definition) is 6. The second-order valence-electron chi connectivity index (χ2n) is 3.76. The highest BCUT2D eigenvalue weighted by atomic mass is 32.2. The molecule has 96 valence electrons. The van der Waals surface area contributed by atoms with Crippen LogP contribution in [0.4, 0.5) is 10.6 Å². The maximum Gasteiger partial charge on any atom is 0.288 e. The molecule has 1 aromatic heterocycles. The van der Waals surface area contributed by atoms with E-state index in [0.29, 0.717) is 0 Å². The molecule has 0 aliphatic carbocycles. The van der Waals surface area contributed by atoms with Crippen molar-refractivity contribution < 1.29 is 14.3 Å². The quantitative estimate of drug-likeness (QED) is 0.826. The molecule has 2 atom stereocenters. The lowest BCUT2D eigenvalue weighted by Gasteiger charge is -2.27. The highest BCUT2D eigenvalue weighted by Crippen LogP contribution is 2.23. The van der Waals surface area contributed by atoms with Crippen LogP contribution in [0.2, 0.25) is 0 Å². The van der Waals surface area contributed by atoms with Crippen LogP contribution in [-0.2, 0) is 9.53 Å². The average Bonchev–Trinajstić information content (AvgIpc) is 2.68. The first kappa shape index (κ1) is 12.8. The van der Waals surface area contributed by atoms with E-state index in [9.17, 15) is 9.59 Å². The van der Waals surface area contributed by atoms with E-state index in [1.807, 2.05) is 25.2 Å². The van der Waals surface area contributed by atoms with Crippen molar-refractivity contribution in [3.8, 4) is 0 Å². The number of imide groups is 1. The van der Waals surface area contributed by atoms with Crippen molar-refractivity contribution in [1.29, 1.82) is 0 Å². The number of ether oxygens (including phenoxy) is 1. The second-order valence-corrected chi connectivity index (χ2v) is 4.80. The molecule has 1 N–H and O–H groups in total. The SMILES string of the molecule is CC(OC1SC(=O)NC1=O)N(C)c1ccccn1. The summed E-state index contributed by atoms with van der Waals surface area (Å²) in [5, 5.41) is 1.80. The lowest BCUT2D eigenvalue weighted by atomic mass is 10.4. The summed E-state index contributed by atoms with van der Waals surface area (Å²) >= 11 is 0.846. The van der Waals surface area contributed by atoms with Gasteiger partial charge in [0.25, 0.3) is 11.1 Å². The Labute approximate surface area is 109 Å². The lowest BCUT2D eigenvalue weighted by Crippen LogP contribution is -2.37. The molecule has 0 bridgehead atoms. The van der Waals surface area contributed by atoms with E-state index < -0.39 is 11.3 Å². The number of rotatable bonds is 4. The molecule has 1 aliphatic heterocycles. The molecular formula is C11H13N3O3S. The highest BCUT2D eigenvalue weighted by Gasteiger charge is 2.34. The molecule has 2 unspecified atom stereocenters. The topological polar surface area (TPSA) is 71.5 Å².